The fourth-order valence-electron chi connectivity index (χ4n) is 3.49. The Bertz CT molecular complexity index is 989. The van der Waals surface area contributed by atoms with E-state index in [-0.39, 0.29) is 18.3 Å². The molecule has 2 aromatic heterocycles. The number of nitrogens with zero attached hydrogens (tertiary/aromatic N) is 5. The van der Waals surface area contributed by atoms with Gasteiger partial charge in [-0.05, 0) is 18.9 Å². The summed E-state index contributed by atoms with van der Waals surface area (Å²) in [5.41, 5.74) is 0.724. The SMILES string of the molecule is Cc1nnc2n1[C@H](Cc1ccccc1)CN(C(=O)c1ncc(F)cc1F)C2. The molecule has 1 aliphatic rings. The van der Waals surface area contributed by atoms with E-state index in [4.69, 9.17) is 0 Å². The molecule has 1 atom stereocenters. The standard InChI is InChI=1S/C19H17F2N5O/c1-12-23-24-17-11-25(19(27)18-16(21)8-14(20)9-22-18)10-15(26(12)17)7-13-5-3-2-4-6-13/h2-6,8-9,15H,7,10-11H2,1H3/t15-/m1/s1. The number of hydrogen-bond donors (Lipinski definition) is 0. The maximum absolute atomic E-state index is 14.0. The van der Waals surface area contributed by atoms with Gasteiger partial charge in [0.2, 0.25) is 0 Å². The molecule has 3 heterocycles. The molecule has 138 valence electrons. The summed E-state index contributed by atoms with van der Waals surface area (Å²) in [4.78, 5) is 17.9. The number of pyridine rings is 1. The minimum absolute atomic E-state index is 0.0846. The van der Waals surface area contributed by atoms with Crippen molar-refractivity contribution in [3.63, 3.8) is 0 Å². The second-order valence-electron chi connectivity index (χ2n) is 6.55. The van der Waals surface area contributed by atoms with Crippen molar-refractivity contribution in [2.45, 2.75) is 25.9 Å². The first-order chi connectivity index (χ1) is 13.0. The molecule has 0 saturated heterocycles. The van der Waals surface area contributed by atoms with Crippen molar-refractivity contribution < 1.29 is 13.6 Å². The number of carbonyl (C=O) groups is 1. The fourth-order valence-corrected chi connectivity index (χ4v) is 3.49. The summed E-state index contributed by atoms with van der Waals surface area (Å²) in [6.07, 6.45) is 1.52. The normalized spacial score (nSPS) is 16.3. The average Bonchev–Trinajstić information content (AvgIpc) is 3.03. The van der Waals surface area contributed by atoms with Crippen molar-refractivity contribution in [3.05, 3.63) is 77.1 Å². The molecule has 0 radical (unpaired) electrons. The van der Waals surface area contributed by atoms with Crippen LogP contribution in [0.2, 0.25) is 0 Å². The minimum Gasteiger partial charge on any atom is -0.328 e. The van der Waals surface area contributed by atoms with Crippen LogP contribution in [0.4, 0.5) is 8.78 Å². The largest absolute Gasteiger partial charge is 0.328 e. The Morgan fingerprint density at radius 1 is 1.22 bits per heavy atom. The zero-order valence-corrected chi connectivity index (χ0v) is 14.6. The van der Waals surface area contributed by atoms with Gasteiger partial charge in [-0.1, -0.05) is 30.3 Å². The zero-order chi connectivity index (χ0) is 19.0. The number of aromatic nitrogens is 4. The van der Waals surface area contributed by atoms with Crippen LogP contribution >= 0.6 is 0 Å². The number of amides is 1. The monoisotopic (exact) mass is 369 g/mol. The molecule has 3 aromatic rings. The van der Waals surface area contributed by atoms with Crippen molar-refractivity contribution in [1.82, 2.24) is 24.6 Å². The minimum atomic E-state index is -0.970. The molecule has 0 unspecified atom stereocenters. The molecule has 0 saturated carbocycles. The van der Waals surface area contributed by atoms with Crippen molar-refractivity contribution in [2.24, 2.45) is 0 Å². The van der Waals surface area contributed by atoms with Gasteiger partial charge in [-0.3, -0.25) is 4.79 Å². The lowest BCUT2D eigenvalue weighted by atomic mass is 10.0. The topological polar surface area (TPSA) is 63.9 Å². The molecule has 8 heteroatoms. The number of fused-ring (bicyclic) bond motifs is 1. The summed E-state index contributed by atoms with van der Waals surface area (Å²) < 4.78 is 29.1. The van der Waals surface area contributed by atoms with Gasteiger partial charge in [0.1, 0.15) is 11.6 Å². The summed E-state index contributed by atoms with van der Waals surface area (Å²) in [5, 5.41) is 8.28. The van der Waals surface area contributed by atoms with Crippen LogP contribution in [0.5, 0.6) is 0 Å². The maximum atomic E-state index is 14.0. The first-order valence-electron chi connectivity index (χ1n) is 8.57. The number of carbonyl (C=O) groups excluding carboxylic acids is 1. The molecule has 0 aliphatic carbocycles. The molecule has 1 aliphatic heterocycles. The molecule has 1 aromatic carbocycles. The van der Waals surface area contributed by atoms with E-state index >= 15 is 0 Å². The lowest BCUT2D eigenvalue weighted by Crippen LogP contribution is -2.42. The lowest BCUT2D eigenvalue weighted by Gasteiger charge is -2.34. The van der Waals surface area contributed by atoms with Gasteiger partial charge >= 0.3 is 0 Å². The quantitative estimate of drug-likeness (QED) is 0.712. The highest BCUT2D eigenvalue weighted by Gasteiger charge is 2.32. The van der Waals surface area contributed by atoms with Gasteiger partial charge in [0.15, 0.2) is 17.3 Å². The van der Waals surface area contributed by atoms with Crippen LogP contribution < -0.4 is 0 Å². The highest BCUT2D eigenvalue weighted by molar-refractivity contribution is 5.92. The van der Waals surface area contributed by atoms with E-state index in [0.717, 1.165) is 17.6 Å². The first-order valence-corrected chi connectivity index (χ1v) is 8.57. The third-order valence-corrected chi connectivity index (χ3v) is 4.68. The van der Waals surface area contributed by atoms with Crippen LogP contribution in [0.15, 0.2) is 42.6 Å². The number of hydrogen-bond acceptors (Lipinski definition) is 4. The van der Waals surface area contributed by atoms with Gasteiger partial charge < -0.3 is 9.47 Å². The van der Waals surface area contributed by atoms with Crippen LogP contribution in [0.1, 0.15) is 33.7 Å². The molecule has 27 heavy (non-hydrogen) atoms. The van der Waals surface area contributed by atoms with Crippen LogP contribution in [0.25, 0.3) is 0 Å². The van der Waals surface area contributed by atoms with E-state index in [1.54, 1.807) is 0 Å². The summed E-state index contributed by atoms with van der Waals surface area (Å²) in [7, 11) is 0. The van der Waals surface area contributed by atoms with Gasteiger partial charge in [0, 0.05) is 12.6 Å². The summed E-state index contributed by atoms with van der Waals surface area (Å²) in [6.45, 7) is 2.43. The number of halogens is 2. The van der Waals surface area contributed by atoms with Crippen molar-refractivity contribution in [1.29, 1.82) is 0 Å². The van der Waals surface area contributed by atoms with Crippen molar-refractivity contribution in [2.75, 3.05) is 6.54 Å². The van der Waals surface area contributed by atoms with Crippen LogP contribution in [-0.2, 0) is 13.0 Å². The Kier molecular flexibility index (Phi) is 4.39. The molecule has 0 N–H and O–H groups in total. The number of rotatable bonds is 3. The second kappa shape index (κ2) is 6.86. The smallest absolute Gasteiger partial charge is 0.275 e. The summed E-state index contributed by atoms with van der Waals surface area (Å²) >= 11 is 0. The molecule has 0 bridgehead atoms. The Morgan fingerprint density at radius 2 is 2.00 bits per heavy atom. The molecular weight excluding hydrogens is 352 g/mol. The van der Waals surface area contributed by atoms with Crippen LogP contribution in [-0.4, -0.2) is 37.1 Å². The van der Waals surface area contributed by atoms with Crippen molar-refractivity contribution >= 4 is 5.91 Å². The van der Waals surface area contributed by atoms with E-state index in [1.165, 1.54) is 4.90 Å². The first kappa shape index (κ1) is 17.3. The number of benzene rings is 1. The van der Waals surface area contributed by atoms with Crippen molar-refractivity contribution in [3.8, 4) is 0 Å². The van der Waals surface area contributed by atoms with E-state index in [9.17, 15) is 13.6 Å². The zero-order valence-electron chi connectivity index (χ0n) is 14.6. The molecular formula is C19H17F2N5O. The Labute approximate surface area is 154 Å². The predicted octanol–water partition coefficient (Wildman–Crippen LogP) is 2.70. The number of aryl methyl sites for hydroxylation is 1. The molecule has 6 nitrogen and oxygen atoms in total. The fraction of sp³-hybridized carbons (Fsp3) is 0.263. The Morgan fingerprint density at radius 3 is 2.74 bits per heavy atom. The van der Waals surface area contributed by atoms with E-state index in [2.05, 4.69) is 15.2 Å². The lowest BCUT2D eigenvalue weighted by molar-refractivity contribution is 0.0660. The highest BCUT2D eigenvalue weighted by Crippen LogP contribution is 2.26. The molecule has 0 fully saturated rings. The summed E-state index contributed by atoms with van der Waals surface area (Å²) in [5.74, 6) is -0.972. The average molecular weight is 369 g/mol. The maximum Gasteiger partial charge on any atom is 0.275 e. The Hall–Kier alpha value is -3.16. The molecule has 4 rings (SSSR count). The second-order valence-corrected chi connectivity index (χ2v) is 6.55. The van der Waals surface area contributed by atoms with E-state index in [0.29, 0.717) is 24.9 Å². The predicted molar refractivity (Wildman–Crippen MR) is 92.8 cm³/mol. The van der Waals surface area contributed by atoms with Gasteiger partial charge in [0.05, 0.1) is 18.8 Å². The van der Waals surface area contributed by atoms with Gasteiger partial charge in [-0.15, -0.1) is 10.2 Å². The third kappa shape index (κ3) is 3.30. The third-order valence-electron chi connectivity index (χ3n) is 4.68. The highest BCUT2D eigenvalue weighted by atomic mass is 19.1. The van der Waals surface area contributed by atoms with Gasteiger partial charge in [0.25, 0.3) is 5.91 Å². The Balaban J connectivity index is 1.65. The van der Waals surface area contributed by atoms with Gasteiger partial charge in [-0.25, -0.2) is 13.8 Å². The van der Waals surface area contributed by atoms with E-state index < -0.39 is 17.5 Å². The molecule has 1 amide bonds. The molecule has 0 spiro atoms. The summed E-state index contributed by atoms with van der Waals surface area (Å²) in [6, 6.07) is 10.5. The van der Waals surface area contributed by atoms with E-state index in [1.807, 2.05) is 41.8 Å². The van der Waals surface area contributed by atoms with Gasteiger partial charge in [-0.2, -0.15) is 0 Å². The van der Waals surface area contributed by atoms with Crippen LogP contribution in [0.3, 0.4) is 0 Å². The van der Waals surface area contributed by atoms with Crippen LogP contribution in [0, 0.1) is 18.6 Å².